The molecule has 4 unspecified atom stereocenters. The Balaban J connectivity index is 6.69. The van der Waals surface area contributed by atoms with Crippen molar-refractivity contribution in [3.8, 4) is 0 Å². The summed E-state index contributed by atoms with van der Waals surface area (Å²) < 4.78 is 337. The van der Waals surface area contributed by atoms with Gasteiger partial charge in [-0.3, -0.25) is 9.15 Å². The highest BCUT2D eigenvalue weighted by Gasteiger charge is 2.59. The molecular weight excluding hydrogens is 969 g/mol. The van der Waals surface area contributed by atoms with Gasteiger partial charge in [0.05, 0.1) is 0 Å². The molecule has 0 fully saturated rings. The number of rotatable bonds is 23. The first-order valence-electron chi connectivity index (χ1n) is 17.6. The second-order valence-electron chi connectivity index (χ2n) is 14.5. The van der Waals surface area contributed by atoms with Crippen LogP contribution in [-0.4, -0.2) is 84.6 Å². The largest absolute Gasteiger partial charge is 0.439 e. The first kappa shape index (κ1) is 59.0. The third-order valence-electron chi connectivity index (χ3n) is 8.89. The van der Waals surface area contributed by atoms with E-state index in [4.69, 9.17) is 17.4 Å². The summed E-state index contributed by atoms with van der Waals surface area (Å²) in [4.78, 5) is 0. The van der Waals surface area contributed by atoms with Gasteiger partial charge in [-0.05, 0) is 76.0 Å². The Labute approximate surface area is 332 Å². The summed E-state index contributed by atoms with van der Waals surface area (Å²) in [5.74, 6) is -15.5. The van der Waals surface area contributed by atoms with Crippen molar-refractivity contribution in [3.05, 3.63) is 0 Å². The molecule has 4 nitrogen and oxygen atoms in total. The third kappa shape index (κ3) is 22.1. The van der Waals surface area contributed by atoms with E-state index in [2.05, 4.69) is 0 Å². The number of hydrogen-bond acceptors (Lipinski definition) is 4. The van der Waals surface area contributed by atoms with Crippen molar-refractivity contribution in [2.75, 3.05) is 0 Å². The summed E-state index contributed by atoms with van der Waals surface area (Å²) in [5, 5.41) is 0. The van der Waals surface area contributed by atoms with E-state index in [0.29, 0.717) is 0 Å². The SMILES string of the molecule is C[SiH](CCCC(C(F)(F)F)C(F)(F)F)OO[Si](C)(CCCC(C(F)(F)F)C(F)(F)F)O[Si](C)(CCCC(C(F)(F)F)C(F)(F)F)O[SiH](C)CCCC(C(F)(F)F)C(F)(F)F. The zero-order chi connectivity index (χ0) is 47.8. The van der Waals surface area contributed by atoms with Crippen molar-refractivity contribution in [1.29, 1.82) is 0 Å². The van der Waals surface area contributed by atoms with E-state index in [-0.39, 0.29) is 0 Å². The van der Waals surface area contributed by atoms with E-state index in [0.717, 1.165) is 26.2 Å². The van der Waals surface area contributed by atoms with Crippen molar-refractivity contribution in [2.45, 2.75) is 151 Å². The highest BCUT2D eigenvalue weighted by atomic mass is 28.5. The molecule has 0 saturated carbocycles. The van der Waals surface area contributed by atoms with Crippen molar-refractivity contribution >= 4 is 35.2 Å². The van der Waals surface area contributed by atoms with Crippen molar-refractivity contribution in [1.82, 2.24) is 0 Å². The third-order valence-corrected chi connectivity index (χ3v) is 22.0. The maximum absolute atomic E-state index is 13.3. The topological polar surface area (TPSA) is 36.9 Å². The first-order chi connectivity index (χ1) is 26.4. The molecule has 362 valence electrons. The van der Waals surface area contributed by atoms with Crippen LogP contribution in [0.15, 0.2) is 0 Å². The number of halogens is 24. The molecule has 0 aliphatic carbocycles. The zero-order valence-corrected chi connectivity index (χ0v) is 36.0. The lowest BCUT2D eigenvalue weighted by molar-refractivity contribution is -0.287. The Hall–Kier alpha value is -0.972. The molecular formula is C28H42F24O4Si4. The van der Waals surface area contributed by atoms with Gasteiger partial charge in [0.2, 0.25) is 9.04 Å². The average Bonchev–Trinajstić information content (AvgIpc) is 2.95. The predicted octanol–water partition coefficient (Wildman–Crippen LogP) is 13.9. The van der Waals surface area contributed by atoms with Gasteiger partial charge in [-0.1, -0.05) is 25.7 Å². The van der Waals surface area contributed by atoms with Crippen LogP contribution in [0.2, 0.25) is 50.4 Å². The van der Waals surface area contributed by atoms with Crippen LogP contribution < -0.4 is 0 Å². The Kier molecular flexibility index (Phi) is 21.5. The molecule has 0 aliphatic heterocycles. The molecule has 0 heterocycles. The van der Waals surface area contributed by atoms with Crippen LogP contribution in [0.1, 0.15) is 51.4 Å². The minimum Gasteiger partial charge on any atom is -0.439 e. The lowest BCUT2D eigenvalue weighted by Gasteiger charge is -2.39. The maximum atomic E-state index is 13.3. The molecule has 0 amide bonds. The molecule has 32 heteroatoms. The normalized spacial score (nSPS) is 17.8. The molecule has 0 spiro atoms. The Morgan fingerprint density at radius 1 is 0.383 bits per heavy atom. The molecule has 0 saturated heterocycles. The number of hydrogen-bond donors (Lipinski definition) is 0. The van der Waals surface area contributed by atoms with E-state index in [1.807, 2.05) is 0 Å². The summed E-state index contributed by atoms with van der Waals surface area (Å²) in [5.41, 5.74) is 0. The summed E-state index contributed by atoms with van der Waals surface area (Å²) in [6, 6.07) is -2.99. The Morgan fingerprint density at radius 2 is 0.633 bits per heavy atom. The lowest BCUT2D eigenvalue weighted by Crippen LogP contribution is -2.54. The smallest absolute Gasteiger partial charge is 0.400 e. The second-order valence-corrected chi connectivity index (χ2v) is 26.5. The molecule has 0 radical (unpaired) electrons. The molecule has 0 aromatic heterocycles. The van der Waals surface area contributed by atoms with Gasteiger partial charge < -0.3 is 8.23 Å². The Bertz CT molecular complexity index is 1190. The van der Waals surface area contributed by atoms with Crippen LogP contribution in [0.25, 0.3) is 0 Å². The molecule has 0 N–H and O–H groups in total. The van der Waals surface area contributed by atoms with Gasteiger partial charge in [0, 0.05) is 0 Å². The fourth-order valence-electron chi connectivity index (χ4n) is 5.94. The first-order valence-corrected chi connectivity index (χ1v) is 27.5. The van der Waals surface area contributed by atoms with E-state index in [9.17, 15) is 105 Å². The summed E-state index contributed by atoms with van der Waals surface area (Å²) in [7, 11) is -15.5. The van der Waals surface area contributed by atoms with Crippen LogP contribution in [0.3, 0.4) is 0 Å². The van der Waals surface area contributed by atoms with Gasteiger partial charge in [-0.25, -0.2) is 0 Å². The van der Waals surface area contributed by atoms with Crippen LogP contribution in [0, 0.1) is 23.7 Å². The summed E-state index contributed by atoms with van der Waals surface area (Å²) in [6.07, 6.45) is -56.8. The van der Waals surface area contributed by atoms with Crippen molar-refractivity contribution in [3.63, 3.8) is 0 Å². The van der Waals surface area contributed by atoms with E-state index < -0.39 is 184 Å². The van der Waals surface area contributed by atoms with Crippen molar-refractivity contribution in [2.24, 2.45) is 23.7 Å². The van der Waals surface area contributed by atoms with Crippen LogP contribution >= 0.6 is 0 Å². The van der Waals surface area contributed by atoms with E-state index in [1.54, 1.807) is 0 Å². The van der Waals surface area contributed by atoms with Gasteiger partial charge in [-0.15, -0.1) is 0 Å². The summed E-state index contributed by atoms with van der Waals surface area (Å²) >= 11 is 0. The molecule has 0 aromatic carbocycles. The molecule has 4 atom stereocenters. The Morgan fingerprint density at radius 3 is 0.917 bits per heavy atom. The van der Waals surface area contributed by atoms with Gasteiger partial charge in [0.1, 0.15) is 0 Å². The van der Waals surface area contributed by atoms with Crippen LogP contribution in [0.4, 0.5) is 105 Å². The average molecular weight is 1010 g/mol. The molecule has 0 aromatic rings. The van der Waals surface area contributed by atoms with Gasteiger partial charge >= 0.3 is 66.5 Å². The lowest BCUT2D eigenvalue weighted by atomic mass is 10.0. The van der Waals surface area contributed by atoms with Gasteiger partial charge in [-0.2, -0.15) is 105 Å². The zero-order valence-electron chi connectivity index (χ0n) is 31.7. The highest BCUT2D eigenvalue weighted by Crippen LogP contribution is 2.46. The summed E-state index contributed by atoms with van der Waals surface area (Å²) in [6.45, 7) is 4.01. The quantitative estimate of drug-likeness (QED) is 0.0442. The molecule has 60 heavy (non-hydrogen) atoms. The maximum Gasteiger partial charge on any atom is 0.400 e. The fourth-order valence-corrected chi connectivity index (χ4v) is 20.5. The standard InChI is InChI=1S/C28H42F24O4Si4/c1-57(13-5-9-17(21(29,30)31)22(32,33)34)53-54-59(3,15-7-11-19(25(41,42)43)26(44,45)46)56-60(4,16-8-12-20(27(47,48)49)28(50,51)52)55-58(2)14-6-10-18(23(35,36)37)24(38,39)40/h17-20,57-58H,5-16H2,1-4H3. The van der Waals surface area contributed by atoms with E-state index in [1.165, 1.54) is 0 Å². The molecule has 0 aliphatic rings. The second kappa shape index (κ2) is 21.8. The fraction of sp³-hybridized carbons (Fsp3) is 1.00. The highest BCUT2D eigenvalue weighted by molar-refractivity contribution is 6.83. The van der Waals surface area contributed by atoms with E-state index >= 15 is 0 Å². The molecule has 0 bridgehead atoms. The minimum absolute atomic E-state index is 0.542. The predicted molar refractivity (Wildman–Crippen MR) is 172 cm³/mol. The van der Waals surface area contributed by atoms with Crippen LogP contribution in [0.5, 0.6) is 0 Å². The van der Waals surface area contributed by atoms with Gasteiger partial charge in [0.15, 0.2) is 32.7 Å². The van der Waals surface area contributed by atoms with Crippen LogP contribution in [-0.2, 0) is 17.4 Å². The van der Waals surface area contributed by atoms with Crippen molar-refractivity contribution < 1.29 is 123 Å². The molecule has 0 rings (SSSR count). The monoisotopic (exact) mass is 1010 g/mol. The minimum atomic E-state index is -5.88. The van der Waals surface area contributed by atoms with Gasteiger partial charge in [0.25, 0.3) is 0 Å². The number of alkyl halides is 24.